The number of thiazole rings is 1. The van der Waals surface area contributed by atoms with Crippen LogP contribution in [-0.2, 0) is 11.2 Å². The van der Waals surface area contributed by atoms with Crippen LogP contribution < -0.4 is 0 Å². The van der Waals surface area contributed by atoms with Gasteiger partial charge in [0, 0.05) is 17.5 Å². The van der Waals surface area contributed by atoms with E-state index < -0.39 is 5.60 Å². The molecule has 1 fully saturated rings. The number of hydrogen-bond acceptors (Lipinski definition) is 4. The number of rotatable bonds is 4. The first-order valence-corrected chi connectivity index (χ1v) is 9.26. The van der Waals surface area contributed by atoms with Crippen LogP contribution in [0, 0.1) is 6.92 Å². The molecule has 0 bridgehead atoms. The summed E-state index contributed by atoms with van der Waals surface area (Å²) in [6.07, 6.45) is 2.11. The SMILES string of the molecule is Cc1cccc(-c2nc(CC(=O)N3CCCC3C(C)(C)O)cs2)c1. The van der Waals surface area contributed by atoms with Gasteiger partial charge >= 0.3 is 0 Å². The highest BCUT2D eigenvalue weighted by atomic mass is 32.1. The van der Waals surface area contributed by atoms with Crippen molar-refractivity contribution in [3.63, 3.8) is 0 Å². The molecule has 3 rings (SSSR count). The van der Waals surface area contributed by atoms with E-state index in [1.54, 1.807) is 25.2 Å². The quantitative estimate of drug-likeness (QED) is 0.924. The molecule has 0 radical (unpaired) electrons. The number of likely N-dealkylation sites (tertiary alicyclic amines) is 1. The maximum atomic E-state index is 12.7. The smallest absolute Gasteiger partial charge is 0.228 e. The Morgan fingerprint density at radius 2 is 2.25 bits per heavy atom. The summed E-state index contributed by atoms with van der Waals surface area (Å²) >= 11 is 1.57. The molecule has 1 aromatic carbocycles. The summed E-state index contributed by atoms with van der Waals surface area (Å²) in [4.78, 5) is 19.1. The highest BCUT2D eigenvalue weighted by Crippen LogP contribution is 2.28. The van der Waals surface area contributed by atoms with Gasteiger partial charge in [-0.1, -0.05) is 23.8 Å². The minimum Gasteiger partial charge on any atom is -0.388 e. The fraction of sp³-hybridized carbons (Fsp3) is 0.474. The van der Waals surface area contributed by atoms with Crippen molar-refractivity contribution in [2.24, 2.45) is 0 Å². The third-order valence-corrected chi connectivity index (χ3v) is 5.48. The molecule has 24 heavy (non-hydrogen) atoms. The standard InChI is InChI=1S/C19H24N2O2S/c1-13-6-4-7-14(10-13)18-20-15(12-24-18)11-17(22)21-9-5-8-16(21)19(2,3)23/h4,6-7,10,12,16,23H,5,8-9,11H2,1-3H3. The van der Waals surface area contributed by atoms with Crippen LogP contribution in [0.1, 0.15) is 37.9 Å². The molecule has 1 aromatic heterocycles. The molecule has 1 unspecified atom stereocenters. The fourth-order valence-corrected chi connectivity index (χ4v) is 4.17. The number of aromatic nitrogens is 1. The van der Waals surface area contributed by atoms with Crippen LogP contribution in [0.15, 0.2) is 29.6 Å². The third-order valence-electron chi connectivity index (χ3n) is 4.54. The molecular formula is C19H24N2O2S. The van der Waals surface area contributed by atoms with Gasteiger partial charge in [-0.2, -0.15) is 0 Å². The number of hydrogen-bond donors (Lipinski definition) is 1. The van der Waals surface area contributed by atoms with Crippen LogP contribution in [0.4, 0.5) is 0 Å². The second kappa shape index (κ2) is 6.65. The Hall–Kier alpha value is -1.72. The minimum absolute atomic E-state index is 0.0562. The molecule has 5 heteroatoms. The van der Waals surface area contributed by atoms with Crippen LogP contribution in [0.5, 0.6) is 0 Å². The predicted octanol–water partition coefficient (Wildman–Crippen LogP) is 3.42. The number of aryl methyl sites for hydroxylation is 1. The number of nitrogens with zero attached hydrogens (tertiary/aromatic N) is 2. The molecule has 0 saturated carbocycles. The van der Waals surface area contributed by atoms with E-state index in [1.165, 1.54) is 5.56 Å². The number of amides is 1. The lowest BCUT2D eigenvalue weighted by Gasteiger charge is -2.33. The molecule has 2 aromatic rings. The Morgan fingerprint density at radius 3 is 2.96 bits per heavy atom. The normalized spacial score (nSPS) is 18.2. The van der Waals surface area contributed by atoms with Gasteiger partial charge in [-0.15, -0.1) is 11.3 Å². The topological polar surface area (TPSA) is 53.4 Å². The minimum atomic E-state index is -0.860. The van der Waals surface area contributed by atoms with Gasteiger partial charge in [0.25, 0.3) is 0 Å². The molecule has 4 nitrogen and oxygen atoms in total. The summed E-state index contributed by atoms with van der Waals surface area (Å²) in [7, 11) is 0. The highest BCUT2D eigenvalue weighted by Gasteiger charge is 2.38. The maximum absolute atomic E-state index is 12.7. The first-order valence-electron chi connectivity index (χ1n) is 8.38. The monoisotopic (exact) mass is 344 g/mol. The molecule has 0 aliphatic carbocycles. The van der Waals surface area contributed by atoms with Gasteiger partial charge in [-0.05, 0) is 39.7 Å². The van der Waals surface area contributed by atoms with Gasteiger partial charge in [-0.3, -0.25) is 4.79 Å². The number of carbonyl (C=O) groups excluding carboxylic acids is 1. The molecule has 1 aliphatic rings. The lowest BCUT2D eigenvalue weighted by molar-refractivity contribution is -0.135. The molecule has 1 aliphatic heterocycles. The summed E-state index contributed by atoms with van der Waals surface area (Å²) in [5, 5.41) is 13.2. The van der Waals surface area contributed by atoms with E-state index in [4.69, 9.17) is 0 Å². The summed E-state index contributed by atoms with van der Waals surface area (Å²) in [6.45, 7) is 6.35. The zero-order chi connectivity index (χ0) is 17.3. The van der Waals surface area contributed by atoms with Crippen molar-refractivity contribution in [3.05, 3.63) is 40.9 Å². The zero-order valence-electron chi connectivity index (χ0n) is 14.5. The average molecular weight is 344 g/mol. The lowest BCUT2D eigenvalue weighted by atomic mass is 9.96. The predicted molar refractivity (Wildman–Crippen MR) is 97.0 cm³/mol. The van der Waals surface area contributed by atoms with Crippen LogP contribution >= 0.6 is 11.3 Å². The summed E-state index contributed by atoms with van der Waals surface area (Å²) in [5.41, 5.74) is 2.24. The zero-order valence-corrected chi connectivity index (χ0v) is 15.3. The van der Waals surface area contributed by atoms with E-state index >= 15 is 0 Å². The molecule has 1 saturated heterocycles. The molecular weight excluding hydrogens is 320 g/mol. The van der Waals surface area contributed by atoms with Crippen molar-refractivity contribution >= 4 is 17.2 Å². The Morgan fingerprint density at radius 1 is 1.46 bits per heavy atom. The van der Waals surface area contributed by atoms with Crippen molar-refractivity contribution in [2.75, 3.05) is 6.54 Å². The molecule has 1 N–H and O–H groups in total. The van der Waals surface area contributed by atoms with Crippen LogP contribution in [0.2, 0.25) is 0 Å². The van der Waals surface area contributed by atoms with E-state index in [0.29, 0.717) is 6.42 Å². The van der Waals surface area contributed by atoms with Gasteiger partial charge < -0.3 is 10.0 Å². The second-order valence-electron chi connectivity index (χ2n) is 7.09. The van der Waals surface area contributed by atoms with E-state index in [1.807, 2.05) is 22.4 Å². The van der Waals surface area contributed by atoms with Crippen molar-refractivity contribution in [1.82, 2.24) is 9.88 Å². The van der Waals surface area contributed by atoms with Crippen LogP contribution in [-0.4, -0.2) is 39.1 Å². The van der Waals surface area contributed by atoms with E-state index in [2.05, 4.69) is 24.0 Å². The van der Waals surface area contributed by atoms with Crippen LogP contribution in [0.25, 0.3) is 10.6 Å². The molecule has 2 heterocycles. The van der Waals surface area contributed by atoms with E-state index in [0.717, 1.165) is 35.7 Å². The number of carbonyl (C=O) groups is 1. The summed E-state index contributed by atoms with van der Waals surface area (Å²) < 4.78 is 0. The van der Waals surface area contributed by atoms with Gasteiger partial charge in [-0.25, -0.2) is 4.98 Å². The van der Waals surface area contributed by atoms with E-state index in [9.17, 15) is 9.90 Å². The van der Waals surface area contributed by atoms with E-state index in [-0.39, 0.29) is 11.9 Å². The number of benzene rings is 1. The Balaban J connectivity index is 1.72. The van der Waals surface area contributed by atoms with Crippen molar-refractivity contribution < 1.29 is 9.90 Å². The summed E-state index contributed by atoms with van der Waals surface area (Å²) in [6, 6.07) is 8.14. The molecule has 1 amide bonds. The maximum Gasteiger partial charge on any atom is 0.228 e. The van der Waals surface area contributed by atoms with Gasteiger partial charge in [0.05, 0.1) is 23.8 Å². The molecule has 128 valence electrons. The fourth-order valence-electron chi connectivity index (χ4n) is 3.36. The third kappa shape index (κ3) is 3.68. The Labute approximate surface area is 147 Å². The largest absolute Gasteiger partial charge is 0.388 e. The lowest BCUT2D eigenvalue weighted by Crippen LogP contribution is -2.48. The van der Waals surface area contributed by atoms with Gasteiger partial charge in [0.2, 0.25) is 5.91 Å². The number of aliphatic hydroxyl groups is 1. The van der Waals surface area contributed by atoms with Crippen molar-refractivity contribution in [1.29, 1.82) is 0 Å². The second-order valence-corrected chi connectivity index (χ2v) is 7.95. The average Bonchev–Trinajstić information content (AvgIpc) is 3.15. The Kier molecular flexibility index (Phi) is 4.74. The van der Waals surface area contributed by atoms with Gasteiger partial charge in [0.1, 0.15) is 5.01 Å². The first kappa shape index (κ1) is 17.1. The first-order chi connectivity index (χ1) is 11.3. The van der Waals surface area contributed by atoms with Gasteiger partial charge in [0.15, 0.2) is 0 Å². The molecule has 0 spiro atoms. The molecule has 1 atom stereocenters. The Bertz CT molecular complexity index is 733. The van der Waals surface area contributed by atoms with Crippen LogP contribution in [0.3, 0.4) is 0 Å². The summed E-state index contributed by atoms with van der Waals surface area (Å²) in [5.74, 6) is 0.0562. The van der Waals surface area contributed by atoms with Crippen molar-refractivity contribution in [3.8, 4) is 10.6 Å². The highest BCUT2D eigenvalue weighted by molar-refractivity contribution is 7.13. The van der Waals surface area contributed by atoms with Crippen molar-refractivity contribution in [2.45, 2.75) is 51.7 Å².